The molecule has 2 N–H and O–H groups in total. The van der Waals surface area contributed by atoms with Gasteiger partial charge in [-0.25, -0.2) is 0 Å². The fourth-order valence-electron chi connectivity index (χ4n) is 3.35. The van der Waals surface area contributed by atoms with Crippen LogP contribution in [-0.4, -0.2) is 24.5 Å². The third-order valence-electron chi connectivity index (χ3n) is 4.54. The molecule has 0 bridgehead atoms. The number of thiophene rings is 1. The SMILES string of the molecule is CCC(N)C(c1sccc1C)N(C)CC1CCCC1. The number of nitrogens with zero attached hydrogens (tertiary/aromatic N) is 1. The van der Waals surface area contributed by atoms with E-state index in [9.17, 15) is 0 Å². The van der Waals surface area contributed by atoms with Crippen molar-refractivity contribution in [3.8, 4) is 0 Å². The van der Waals surface area contributed by atoms with E-state index in [1.54, 1.807) is 0 Å². The zero-order chi connectivity index (χ0) is 13.8. The fourth-order valence-corrected chi connectivity index (χ4v) is 4.51. The lowest BCUT2D eigenvalue weighted by Gasteiger charge is -2.34. The molecule has 1 aromatic heterocycles. The van der Waals surface area contributed by atoms with Crippen LogP contribution in [0.1, 0.15) is 55.5 Å². The van der Waals surface area contributed by atoms with Crippen LogP contribution in [0.25, 0.3) is 0 Å². The second kappa shape index (κ2) is 6.87. The molecule has 2 atom stereocenters. The van der Waals surface area contributed by atoms with E-state index in [2.05, 4.69) is 37.2 Å². The summed E-state index contributed by atoms with van der Waals surface area (Å²) in [5, 5.41) is 2.20. The van der Waals surface area contributed by atoms with E-state index < -0.39 is 0 Å². The molecule has 0 spiro atoms. The second-order valence-corrected chi connectivity index (χ2v) is 7.02. The Morgan fingerprint density at radius 3 is 2.63 bits per heavy atom. The topological polar surface area (TPSA) is 29.3 Å². The Morgan fingerprint density at radius 2 is 2.11 bits per heavy atom. The van der Waals surface area contributed by atoms with Crippen LogP contribution in [0.3, 0.4) is 0 Å². The summed E-state index contributed by atoms with van der Waals surface area (Å²) in [6.07, 6.45) is 6.68. The Kier molecular flexibility index (Phi) is 5.43. The summed E-state index contributed by atoms with van der Waals surface area (Å²) in [7, 11) is 2.26. The van der Waals surface area contributed by atoms with Gasteiger partial charge in [0.25, 0.3) is 0 Å². The summed E-state index contributed by atoms with van der Waals surface area (Å²) in [5.74, 6) is 0.886. The molecule has 1 aliphatic rings. The quantitative estimate of drug-likeness (QED) is 0.854. The molecule has 0 saturated heterocycles. The smallest absolute Gasteiger partial charge is 0.0593 e. The van der Waals surface area contributed by atoms with Gasteiger partial charge in [-0.1, -0.05) is 19.8 Å². The number of nitrogens with two attached hydrogens (primary N) is 1. The van der Waals surface area contributed by atoms with Crippen LogP contribution in [0.2, 0.25) is 0 Å². The van der Waals surface area contributed by atoms with Crippen molar-refractivity contribution >= 4 is 11.3 Å². The highest BCUT2D eigenvalue weighted by Gasteiger charge is 2.28. The van der Waals surface area contributed by atoms with Gasteiger partial charge in [0.15, 0.2) is 0 Å². The minimum Gasteiger partial charge on any atom is -0.326 e. The average Bonchev–Trinajstić information content (AvgIpc) is 3.02. The van der Waals surface area contributed by atoms with Crippen LogP contribution in [0, 0.1) is 12.8 Å². The molecule has 0 amide bonds. The molecule has 3 heteroatoms. The molecule has 0 radical (unpaired) electrons. The summed E-state index contributed by atoms with van der Waals surface area (Å²) in [4.78, 5) is 3.98. The van der Waals surface area contributed by atoms with E-state index >= 15 is 0 Å². The van der Waals surface area contributed by atoms with Crippen molar-refractivity contribution in [2.45, 2.75) is 58.0 Å². The van der Waals surface area contributed by atoms with E-state index in [1.165, 1.54) is 42.7 Å². The maximum Gasteiger partial charge on any atom is 0.0593 e. The normalized spacial score (nSPS) is 20.1. The Balaban J connectivity index is 2.10. The van der Waals surface area contributed by atoms with Crippen LogP contribution >= 0.6 is 11.3 Å². The third-order valence-corrected chi connectivity index (χ3v) is 5.63. The summed E-state index contributed by atoms with van der Waals surface area (Å²) >= 11 is 1.87. The average molecular weight is 280 g/mol. The zero-order valence-electron chi connectivity index (χ0n) is 12.6. The first-order valence-corrected chi connectivity index (χ1v) is 8.51. The van der Waals surface area contributed by atoms with Crippen LogP contribution < -0.4 is 5.73 Å². The lowest BCUT2D eigenvalue weighted by atomic mass is 9.99. The summed E-state index contributed by atoms with van der Waals surface area (Å²) in [6, 6.07) is 2.85. The van der Waals surface area contributed by atoms with Crippen molar-refractivity contribution in [3.05, 3.63) is 21.9 Å². The standard InChI is InChI=1S/C16H28N2S/c1-4-14(17)15(16-12(2)9-10-19-16)18(3)11-13-7-5-6-8-13/h9-10,13-15H,4-8,11,17H2,1-3H3. The molecule has 0 aliphatic heterocycles. The Bertz CT molecular complexity index is 382. The van der Waals surface area contributed by atoms with Gasteiger partial charge in [-0.3, -0.25) is 4.90 Å². The Labute approximate surface area is 122 Å². The van der Waals surface area contributed by atoms with Crippen LogP contribution in [0.5, 0.6) is 0 Å². The van der Waals surface area contributed by atoms with Crippen LogP contribution in [0.15, 0.2) is 11.4 Å². The lowest BCUT2D eigenvalue weighted by molar-refractivity contribution is 0.183. The first-order chi connectivity index (χ1) is 9.13. The molecule has 2 unspecified atom stereocenters. The summed E-state index contributed by atoms with van der Waals surface area (Å²) in [5.41, 5.74) is 7.82. The zero-order valence-corrected chi connectivity index (χ0v) is 13.4. The van der Waals surface area contributed by atoms with Crippen LogP contribution in [0.4, 0.5) is 0 Å². The predicted octanol–water partition coefficient (Wildman–Crippen LogP) is 3.96. The van der Waals surface area contributed by atoms with Crippen molar-refractivity contribution in [1.82, 2.24) is 4.90 Å². The molecular weight excluding hydrogens is 252 g/mol. The van der Waals surface area contributed by atoms with Crippen molar-refractivity contribution in [2.24, 2.45) is 11.7 Å². The van der Waals surface area contributed by atoms with Crippen LogP contribution in [-0.2, 0) is 0 Å². The van der Waals surface area contributed by atoms with E-state index in [4.69, 9.17) is 5.73 Å². The van der Waals surface area contributed by atoms with Crippen molar-refractivity contribution < 1.29 is 0 Å². The van der Waals surface area contributed by atoms with Crippen molar-refractivity contribution in [2.75, 3.05) is 13.6 Å². The molecule has 2 nitrogen and oxygen atoms in total. The first kappa shape index (κ1) is 15.0. The number of aryl methyl sites for hydroxylation is 1. The monoisotopic (exact) mass is 280 g/mol. The summed E-state index contributed by atoms with van der Waals surface area (Å²) in [6.45, 7) is 5.62. The molecule has 1 aromatic rings. The highest BCUT2D eigenvalue weighted by atomic mass is 32.1. The maximum absolute atomic E-state index is 6.42. The van der Waals surface area contributed by atoms with Gasteiger partial charge >= 0.3 is 0 Å². The van der Waals surface area contributed by atoms with Gasteiger partial charge in [0.2, 0.25) is 0 Å². The number of likely N-dealkylation sites (N-methyl/N-ethyl adjacent to an activating group) is 1. The summed E-state index contributed by atoms with van der Waals surface area (Å²) < 4.78 is 0. The predicted molar refractivity (Wildman–Crippen MR) is 84.7 cm³/mol. The molecule has 108 valence electrons. The largest absolute Gasteiger partial charge is 0.326 e. The maximum atomic E-state index is 6.42. The van der Waals surface area contributed by atoms with Crippen molar-refractivity contribution in [3.63, 3.8) is 0 Å². The number of hydrogen-bond donors (Lipinski definition) is 1. The molecule has 1 aliphatic carbocycles. The highest BCUT2D eigenvalue weighted by molar-refractivity contribution is 7.10. The first-order valence-electron chi connectivity index (χ1n) is 7.63. The minimum absolute atomic E-state index is 0.240. The van der Waals surface area contributed by atoms with Gasteiger partial charge in [-0.15, -0.1) is 11.3 Å². The van der Waals surface area contributed by atoms with Gasteiger partial charge in [0, 0.05) is 17.5 Å². The number of hydrogen-bond acceptors (Lipinski definition) is 3. The minimum atomic E-state index is 0.240. The van der Waals surface area contributed by atoms with E-state index in [0.29, 0.717) is 6.04 Å². The van der Waals surface area contributed by atoms with Gasteiger partial charge < -0.3 is 5.73 Å². The van der Waals surface area contributed by atoms with E-state index in [1.807, 2.05) is 11.3 Å². The third kappa shape index (κ3) is 3.59. The van der Waals surface area contributed by atoms with E-state index in [0.717, 1.165) is 12.3 Å². The highest BCUT2D eigenvalue weighted by Crippen LogP contribution is 2.33. The van der Waals surface area contributed by atoms with Gasteiger partial charge in [-0.2, -0.15) is 0 Å². The molecular formula is C16H28N2S. The van der Waals surface area contributed by atoms with Crippen molar-refractivity contribution in [1.29, 1.82) is 0 Å². The molecule has 19 heavy (non-hydrogen) atoms. The number of rotatable bonds is 6. The Hall–Kier alpha value is -0.380. The van der Waals surface area contributed by atoms with E-state index in [-0.39, 0.29) is 6.04 Å². The molecule has 1 heterocycles. The fraction of sp³-hybridized carbons (Fsp3) is 0.750. The Morgan fingerprint density at radius 1 is 1.42 bits per heavy atom. The molecule has 0 aromatic carbocycles. The van der Waals surface area contributed by atoms with Gasteiger partial charge in [0.1, 0.15) is 0 Å². The van der Waals surface area contributed by atoms with Gasteiger partial charge in [0.05, 0.1) is 6.04 Å². The second-order valence-electron chi connectivity index (χ2n) is 6.07. The lowest BCUT2D eigenvalue weighted by Crippen LogP contribution is -2.40. The molecule has 1 saturated carbocycles. The van der Waals surface area contributed by atoms with Gasteiger partial charge in [-0.05, 0) is 56.2 Å². The molecule has 2 rings (SSSR count). The molecule has 1 fully saturated rings.